The van der Waals surface area contributed by atoms with Crippen molar-refractivity contribution < 1.29 is 14.3 Å². The van der Waals surface area contributed by atoms with Crippen LogP contribution in [0.3, 0.4) is 0 Å². The third-order valence-corrected chi connectivity index (χ3v) is 3.85. The third-order valence-electron chi connectivity index (χ3n) is 3.85. The molecule has 5 heteroatoms. The highest BCUT2D eigenvalue weighted by Crippen LogP contribution is 2.25. The number of nitrogens with one attached hydrogen (secondary N) is 2. The van der Waals surface area contributed by atoms with Gasteiger partial charge in [-0.3, -0.25) is 4.79 Å². The number of carbonyl (C=O) groups excluding carboxylic acids is 1. The highest BCUT2D eigenvalue weighted by atomic mass is 16.5. The monoisotopic (exact) mass is 292 g/mol. The molecule has 0 aliphatic carbocycles. The van der Waals surface area contributed by atoms with Gasteiger partial charge in [-0.1, -0.05) is 25.1 Å². The van der Waals surface area contributed by atoms with Gasteiger partial charge in [0, 0.05) is 11.6 Å². The van der Waals surface area contributed by atoms with Crippen molar-refractivity contribution in [2.75, 3.05) is 26.9 Å². The van der Waals surface area contributed by atoms with Gasteiger partial charge in [-0.15, -0.1) is 0 Å². The second-order valence-corrected chi connectivity index (χ2v) is 5.28. The number of para-hydroxylation sites is 1. The number of benzene rings is 1. The lowest BCUT2D eigenvalue weighted by Gasteiger charge is -2.22. The molecule has 1 heterocycles. The van der Waals surface area contributed by atoms with E-state index in [1.807, 2.05) is 38.1 Å². The van der Waals surface area contributed by atoms with Gasteiger partial charge in [0.1, 0.15) is 5.75 Å². The smallest absolute Gasteiger partial charge is 0.227 e. The van der Waals surface area contributed by atoms with Gasteiger partial charge < -0.3 is 20.1 Å². The maximum absolute atomic E-state index is 12.4. The van der Waals surface area contributed by atoms with Gasteiger partial charge in [0.15, 0.2) is 0 Å². The molecule has 2 unspecified atom stereocenters. The lowest BCUT2D eigenvalue weighted by atomic mass is 10.0. The van der Waals surface area contributed by atoms with Crippen LogP contribution in [0.1, 0.15) is 25.5 Å². The molecule has 116 valence electrons. The first-order valence-electron chi connectivity index (χ1n) is 7.41. The third kappa shape index (κ3) is 3.74. The van der Waals surface area contributed by atoms with Crippen molar-refractivity contribution in [2.45, 2.75) is 25.9 Å². The number of rotatable bonds is 6. The lowest BCUT2D eigenvalue weighted by Crippen LogP contribution is -2.44. The number of methoxy groups -OCH3 is 1. The molecule has 1 aromatic carbocycles. The van der Waals surface area contributed by atoms with E-state index in [4.69, 9.17) is 9.47 Å². The van der Waals surface area contributed by atoms with Crippen LogP contribution in [-0.4, -0.2) is 38.8 Å². The molecule has 1 aromatic rings. The van der Waals surface area contributed by atoms with Crippen molar-refractivity contribution in [3.05, 3.63) is 29.8 Å². The zero-order chi connectivity index (χ0) is 15.2. The second-order valence-electron chi connectivity index (χ2n) is 5.28. The summed E-state index contributed by atoms with van der Waals surface area (Å²) < 4.78 is 10.8. The van der Waals surface area contributed by atoms with Gasteiger partial charge in [-0.05, 0) is 19.5 Å². The normalized spacial score (nSPS) is 22.8. The zero-order valence-corrected chi connectivity index (χ0v) is 12.9. The summed E-state index contributed by atoms with van der Waals surface area (Å²) in [5.74, 6) is 0.676. The van der Waals surface area contributed by atoms with E-state index in [-0.39, 0.29) is 23.9 Å². The summed E-state index contributed by atoms with van der Waals surface area (Å²) in [6, 6.07) is 7.73. The van der Waals surface area contributed by atoms with E-state index in [0.717, 1.165) is 17.9 Å². The summed E-state index contributed by atoms with van der Waals surface area (Å²) in [5, 5.41) is 6.36. The summed E-state index contributed by atoms with van der Waals surface area (Å²) in [6.07, 6.45) is 0. The molecule has 0 bridgehead atoms. The van der Waals surface area contributed by atoms with Crippen molar-refractivity contribution in [2.24, 2.45) is 5.92 Å². The number of hydrogen-bond donors (Lipinski definition) is 2. The van der Waals surface area contributed by atoms with Crippen LogP contribution >= 0.6 is 0 Å². The molecule has 0 radical (unpaired) electrons. The van der Waals surface area contributed by atoms with Crippen molar-refractivity contribution >= 4 is 5.91 Å². The molecular formula is C16H24N2O3. The largest absolute Gasteiger partial charge is 0.496 e. The predicted octanol–water partition coefficient (Wildman–Crippen LogP) is 1.50. The Balaban J connectivity index is 2.01. The number of ether oxygens (including phenoxy) is 2. The fourth-order valence-corrected chi connectivity index (χ4v) is 2.70. The Morgan fingerprint density at radius 2 is 2.19 bits per heavy atom. The standard InChI is InChI=1S/C16H24N2O3/c1-4-17-14-10-21-9-13(14)16(19)18-11(2)12-7-5-6-8-15(12)20-3/h5-8,11,13-14,17H,4,9-10H2,1-3H3,(H,18,19)/t11-,13?,14?/m1/s1. The van der Waals surface area contributed by atoms with Crippen molar-refractivity contribution in [3.63, 3.8) is 0 Å². The van der Waals surface area contributed by atoms with Crippen LogP contribution in [0.4, 0.5) is 0 Å². The molecular weight excluding hydrogens is 268 g/mol. The number of likely N-dealkylation sites (N-methyl/N-ethyl adjacent to an activating group) is 1. The maximum atomic E-state index is 12.4. The summed E-state index contributed by atoms with van der Waals surface area (Å²) in [7, 11) is 1.64. The molecule has 0 saturated carbocycles. The quantitative estimate of drug-likeness (QED) is 0.834. The predicted molar refractivity (Wildman–Crippen MR) is 81.3 cm³/mol. The van der Waals surface area contributed by atoms with E-state index >= 15 is 0 Å². The fourth-order valence-electron chi connectivity index (χ4n) is 2.70. The molecule has 5 nitrogen and oxygen atoms in total. The fraction of sp³-hybridized carbons (Fsp3) is 0.562. The first kappa shape index (κ1) is 15.8. The van der Waals surface area contributed by atoms with Crippen LogP contribution in [0.25, 0.3) is 0 Å². The van der Waals surface area contributed by atoms with Crippen LogP contribution in [-0.2, 0) is 9.53 Å². The van der Waals surface area contributed by atoms with Crippen LogP contribution < -0.4 is 15.4 Å². The minimum atomic E-state index is -0.137. The van der Waals surface area contributed by atoms with Crippen molar-refractivity contribution in [1.82, 2.24) is 10.6 Å². The van der Waals surface area contributed by atoms with Gasteiger partial charge in [0.2, 0.25) is 5.91 Å². The molecule has 2 N–H and O–H groups in total. The van der Waals surface area contributed by atoms with Crippen LogP contribution in [0, 0.1) is 5.92 Å². The van der Waals surface area contributed by atoms with Crippen molar-refractivity contribution in [1.29, 1.82) is 0 Å². The van der Waals surface area contributed by atoms with Gasteiger partial charge in [0.25, 0.3) is 0 Å². The molecule has 0 aromatic heterocycles. The number of hydrogen-bond acceptors (Lipinski definition) is 4. The molecule has 1 fully saturated rings. The highest BCUT2D eigenvalue weighted by molar-refractivity contribution is 5.80. The number of amides is 1. The molecule has 2 rings (SSSR count). The van der Waals surface area contributed by atoms with Crippen LogP contribution in [0.2, 0.25) is 0 Å². The van der Waals surface area contributed by atoms with E-state index in [0.29, 0.717) is 13.2 Å². The zero-order valence-electron chi connectivity index (χ0n) is 12.9. The average Bonchev–Trinajstić information content (AvgIpc) is 2.96. The topological polar surface area (TPSA) is 59.6 Å². The minimum Gasteiger partial charge on any atom is -0.496 e. The minimum absolute atomic E-state index is 0.0249. The van der Waals surface area contributed by atoms with Crippen molar-refractivity contribution in [3.8, 4) is 5.75 Å². The first-order valence-corrected chi connectivity index (χ1v) is 7.41. The summed E-state index contributed by atoms with van der Waals surface area (Å²) in [4.78, 5) is 12.4. The Labute approximate surface area is 126 Å². The molecule has 1 amide bonds. The molecule has 1 saturated heterocycles. The van der Waals surface area contributed by atoms with E-state index in [1.165, 1.54) is 0 Å². The molecule has 1 aliphatic rings. The number of carbonyl (C=O) groups is 1. The van der Waals surface area contributed by atoms with E-state index < -0.39 is 0 Å². The Hall–Kier alpha value is -1.59. The van der Waals surface area contributed by atoms with Gasteiger partial charge >= 0.3 is 0 Å². The second kappa shape index (κ2) is 7.43. The highest BCUT2D eigenvalue weighted by Gasteiger charge is 2.34. The lowest BCUT2D eigenvalue weighted by molar-refractivity contribution is -0.126. The van der Waals surface area contributed by atoms with E-state index in [1.54, 1.807) is 7.11 Å². The van der Waals surface area contributed by atoms with Crippen LogP contribution in [0.5, 0.6) is 5.75 Å². The Bertz CT molecular complexity index is 478. The van der Waals surface area contributed by atoms with Crippen LogP contribution in [0.15, 0.2) is 24.3 Å². The molecule has 1 aliphatic heterocycles. The Morgan fingerprint density at radius 3 is 2.90 bits per heavy atom. The Morgan fingerprint density at radius 1 is 1.43 bits per heavy atom. The maximum Gasteiger partial charge on any atom is 0.227 e. The SMILES string of the molecule is CCNC1COCC1C(=O)N[C@H](C)c1ccccc1OC. The van der Waals surface area contributed by atoms with E-state index in [2.05, 4.69) is 10.6 Å². The molecule has 0 spiro atoms. The summed E-state index contributed by atoms with van der Waals surface area (Å²) in [6.45, 7) is 5.90. The van der Waals surface area contributed by atoms with Gasteiger partial charge in [-0.25, -0.2) is 0 Å². The van der Waals surface area contributed by atoms with Gasteiger partial charge in [-0.2, -0.15) is 0 Å². The van der Waals surface area contributed by atoms with E-state index in [9.17, 15) is 4.79 Å². The van der Waals surface area contributed by atoms with Gasteiger partial charge in [0.05, 0.1) is 32.3 Å². The summed E-state index contributed by atoms with van der Waals surface area (Å²) in [5.41, 5.74) is 0.979. The molecule has 21 heavy (non-hydrogen) atoms. The Kier molecular flexibility index (Phi) is 5.59. The molecule has 3 atom stereocenters. The average molecular weight is 292 g/mol. The first-order chi connectivity index (χ1) is 10.2. The summed E-state index contributed by atoms with van der Waals surface area (Å²) >= 11 is 0.